The molecule has 1 aromatic carbocycles. The fourth-order valence-corrected chi connectivity index (χ4v) is 4.46. The number of amides is 1. The van der Waals surface area contributed by atoms with Gasteiger partial charge in [0.2, 0.25) is 17.7 Å². The highest BCUT2D eigenvalue weighted by atomic mass is 32.1. The smallest absolute Gasteiger partial charge is 0.248 e. The molecule has 0 bridgehead atoms. The summed E-state index contributed by atoms with van der Waals surface area (Å²) in [6, 6.07) is 12.1. The predicted octanol–water partition coefficient (Wildman–Crippen LogP) is 4.16. The fraction of sp³-hybridized carbons (Fsp3) is 0.286. The molecular formula is C21H20N4O2S. The van der Waals surface area contributed by atoms with Gasteiger partial charge in [0.25, 0.3) is 0 Å². The highest BCUT2D eigenvalue weighted by molar-refractivity contribution is 7.08. The van der Waals surface area contributed by atoms with E-state index in [9.17, 15) is 4.79 Å². The minimum Gasteiger partial charge on any atom is -0.420 e. The van der Waals surface area contributed by atoms with E-state index in [1.54, 1.807) is 11.3 Å². The van der Waals surface area contributed by atoms with Gasteiger partial charge in [0.15, 0.2) is 0 Å². The van der Waals surface area contributed by atoms with Crippen LogP contribution in [0.5, 0.6) is 0 Å². The summed E-state index contributed by atoms with van der Waals surface area (Å²) in [4.78, 5) is 14.8. The number of nitrogens with zero attached hydrogens (tertiary/aromatic N) is 4. The molecule has 7 heteroatoms. The molecule has 0 aliphatic carbocycles. The first kappa shape index (κ1) is 17.2. The molecule has 1 amide bonds. The summed E-state index contributed by atoms with van der Waals surface area (Å²) < 4.78 is 7.92. The molecule has 1 fully saturated rings. The van der Waals surface area contributed by atoms with Crippen molar-refractivity contribution in [2.24, 2.45) is 0 Å². The first-order valence-electron chi connectivity index (χ1n) is 9.45. The van der Waals surface area contributed by atoms with Crippen LogP contribution in [0.15, 0.2) is 57.8 Å². The van der Waals surface area contributed by atoms with E-state index in [0.717, 1.165) is 35.9 Å². The number of hydrogen-bond donors (Lipinski definition) is 0. The van der Waals surface area contributed by atoms with Crippen LogP contribution >= 0.6 is 11.3 Å². The van der Waals surface area contributed by atoms with Crippen LogP contribution < -0.4 is 0 Å². The van der Waals surface area contributed by atoms with Crippen LogP contribution in [0.3, 0.4) is 0 Å². The number of carbonyl (C=O) groups excluding carboxylic acids is 1. The maximum atomic E-state index is 12.9. The number of para-hydroxylation sites is 1. The van der Waals surface area contributed by atoms with Crippen LogP contribution in [0, 0.1) is 0 Å². The number of carbonyl (C=O) groups is 1. The molecule has 3 aromatic heterocycles. The van der Waals surface area contributed by atoms with Crippen molar-refractivity contribution >= 4 is 28.1 Å². The molecule has 4 aromatic rings. The van der Waals surface area contributed by atoms with Crippen LogP contribution in [0.25, 0.3) is 22.4 Å². The van der Waals surface area contributed by atoms with E-state index < -0.39 is 0 Å². The van der Waals surface area contributed by atoms with Gasteiger partial charge in [-0.15, -0.1) is 10.2 Å². The van der Waals surface area contributed by atoms with Crippen molar-refractivity contribution < 1.29 is 9.21 Å². The molecule has 1 aliphatic rings. The number of likely N-dealkylation sites (tertiary alicyclic amines) is 1. The van der Waals surface area contributed by atoms with Gasteiger partial charge in [-0.3, -0.25) is 4.79 Å². The minimum atomic E-state index is 0.0963. The Bertz CT molecular complexity index is 1100. The zero-order chi connectivity index (χ0) is 18.9. The number of aromatic nitrogens is 3. The molecule has 1 unspecified atom stereocenters. The molecule has 28 heavy (non-hydrogen) atoms. The van der Waals surface area contributed by atoms with Crippen molar-refractivity contribution in [3.63, 3.8) is 0 Å². The molecular weight excluding hydrogens is 372 g/mol. The lowest BCUT2D eigenvalue weighted by molar-refractivity contribution is -0.133. The topological polar surface area (TPSA) is 64.2 Å². The molecule has 5 rings (SSSR count). The Hall–Kier alpha value is -2.93. The van der Waals surface area contributed by atoms with E-state index in [1.807, 2.05) is 56.8 Å². The summed E-state index contributed by atoms with van der Waals surface area (Å²) in [5, 5.41) is 13.6. The first-order valence-corrected chi connectivity index (χ1v) is 10.4. The summed E-state index contributed by atoms with van der Waals surface area (Å²) >= 11 is 1.60. The van der Waals surface area contributed by atoms with Gasteiger partial charge in [-0.2, -0.15) is 11.3 Å². The second kappa shape index (κ2) is 7.24. The largest absolute Gasteiger partial charge is 0.420 e. The molecule has 0 N–H and O–H groups in total. The Morgan fingerprint density at radius 3 is 3.04 bits per heavy atom. The van der Waals surface area contributed by atoms with Crippen LogP contribution in [0.2, 0.25) is 0 Å². The Labute approximate surface area is 166 Å². The number of thiophene rings is 1. The van der Waals surface area contributed by atoms with Crippen LogP contribution in [0.4, 0.5) is 0 Å². The summed E-state index contributed by atoms with van der Waals surface area (Å²) in [7, 11) is 0. The summed E-state index contributed by atoms with van der Waals surface area (Å²) in [5.41, 5.74) is 2.04. The summed E-state index contributed by atoms with van der Waals surface area (Å²) in [6.45, 7) is 1.76. The molecule has 0 radical (unpaired) electrons. The van der Waals surface area contributed by atoms with Crippen LogP contribution in [0.1, 0.15) is 24.7 Å². The van der Waals surface area contributed by atoms with Crippen molar-refractivity contribution in [1.82, 2.24) is 19.7 Å². The lowest BCUT2D eigenvalue weighted by Gasteiger charge is -2.31. The quantitative estimate of drug-likeness (QED) is 0.523. The van der Waals surface area contributed by atoms with E-state index in [1.165, 1.54) is 0 Å². The van der Waals surface area contributed by atoms with Gasteiger partial charge in [0, 0.05) is 35.7 Å². The van der Waals surface area contributed by atoms with Gasteiger partial charge in [-0.1, -0.05) is 18.2 Å². The third-order valence-electron chi connectivity index (χ3n) is 5.32. The van der Waals surface area contributed by atoms with Crippen molar-refractivity contribution in [2.75, 3.05) is 13.1 Å². The Morgan fingerprint density at radius 1 is 1.21 bits per heavy atom. The van der Waals surface area contributed by atoms with Gasteiger partial charge in [0.05, 0.1) is 5.92 Å². The van der Waals surface area contributed by atoms with Crippen molar-refractivity contribution in [2.45, 2.75) is 25.3 Å². The van der Waals surface area contributed by atoms with Gasteiger partial charge in [0.1, 0.15) is 6.54 Å². The van der Waals surface area contributed by atoms with E-state index in [4.69, 9.17) is 4.42 Å². The molecule has 0 saturated carbocycles. The van der Waals surface area contributed by atoms with E-state index in [0.29, 0.717) is 24.9 Å². The van der Waals surface area contributed by atoms with Gasteiger partial charge < -0.3 is 13.9 Å². The Kier molecular flexibility index (Phi) is 4.44. The van der Waals surface area contributed by atoms with E-state index in [2.05, 4.69) is 16.3 Å². The molecule has 1 aliphatic heterocycles. The van der Waals surface area contributed by atoms with Crippen molar-refractivity contribution in [3.05, 3.63) is 59.2 Å². The molecule has 6 nitrogen and oxygen atoms in total. The number of rotatable bonds is 4. The SMILES string of the molecule is O=C(Cn1ccc2ccccc21)N1CCCC(c2nnc(-c3ccsc3)o2)C1. The van der Waals surface area contributed by atoms with Crippen LogP contribution in [-0.4, -0.2) is 38.7 Å². The van der Waals surface area contributed by atoms with Crippen molar-refractivity contribution in [3.8, 4) is 11.5 Å². The predicted molar refractivity (Wildman–Crippen MR) is 108 cm³/mol. The number of fused-ring (bicyclic) bond motifs is 1. The van der Waals surface area contributed by atoms with E-state index >= 15 is 0 Å². The molecule has 1 saturated heterocycles. The normalized spacial score (nSPS) is 17.3. The lowest BCUT2D eigenvalue weighted by Crippen LogP contribution is -2.40. The van der Waals surface area contributed by atoms with Gasteiger partial charge >= 0.3 is 0 Å². The molecule has 142 valence electrons. The van der Waals surface area contributed by atoms with Gasteiger partial charge in [-0.25, -0.2) is 0 Å². The third kappa shape index (κ3) is 3.22. The van der Waals surface area contributed by atoms with E-state index in [-0.39, 0.29) is 11.8 Å². The molecule has 0 spiro atoms. The third-order valence-corrected chi connectivity index (χ3v) is 6.00. The average molecular weight is 392 g/mol. The number of benzene rings is 1. The highest BCUT2D eigenvalue weighted by Gasteiger charge is 2.28. The monoisotopic (exact) mass is 392 g/mol. The van der Waals surface area contributed by atoms with Gasteiger partial charge in [-0.05, 0) is 41.8 Å². The first-order chi connectivity index (χ1) is 13.8. The zero-order valence-electron chi connectivity index (χ0n) is 15.3. The lowest BCUT2D eigenvalue weighted by atomic mass is 9.98. The fourth-order valence-electron chi connectivity index (χ4n) is 3.83. The Balaban J connectivity index is 1.29. The second-order valence-corrected chi connectivity index (χ2v) is 7.92. The highest BCUT2D eigenvalue weighted by Crippen LogP contribution is 2.29. The second-order valence-electron chi connectivity index (χ2n) is 7.14. The molecule has 4 heterocycles. The Morgan fingerprint density at radius 2 is 2.14 bits per heavy atom. The summed E-state index contributed by atoms with van der Waals surface area (Å²) in [5.74, 6) is 1.41. The zero-order valence-corrected chi connectivity index (χ0v) is 16.1. The summed E-state index contributed by atoms with van der Waals surface area (Å²) in [6.07, 6.45) is 3.88. The standard InChI is InChI=1S/C21H20N4O2S/c26-19(13-24-10-7-15-4-1-2-6-18(15)24)25-9-3-5-16(12-25)20-22-23-21(27-20)17-8-11-28-14-17/h1-2,4,6-8,10-11,14,16H,3,5,9,12-13H2. The maximum absolute atomic E-state index is 12.9. The maximum Gasteiger partial charge on any atom is 0.248 e. The minimum absolute atomic E-state index is 0.0963. The molecule has 1 atom stereocenters. The van der Waals surface area contributed by atoms with Crippen LogP contribution in [-0.2, 0) is 11.3 Å². The van der Waals surface area contributed by atoms with Crippen molar-refractivity contribution in [1.29, 1.82) is 0 Å². The number of piperidine rings is 1. The number of hydrogen-bond acceptors (Lipinski definition) is 5. The average Bonchev–Trinajstić information content (AvgIpc) is 3.49.